The van der Waals surface area contributed by atoms with Crippen LogP contribution in [-0.4, -0.2) is 31.2 Å². The van der Waals surface area contributed by atoms with E-state index in [1.54, 1.807) is 0 Å². The van der Waals surface area contributed by atoms with Crippen LogP contribution in [0.15, 0.2) is 30.3 Å². The Labute approximate surface area is 104 Å². The first-order chi connectivity index (χ1) is 8.34. The molecule has 2 heteroatoms. The van der Waals surface area contributed by atoms with E-state index < -0.39 is 0 Å². The van der Waals surface area contributed by atoms with Crippen LogP contribution in [0.25, 0.3) is 0 Å². The molecule has 2 fully saturated rings. The molecule has 2 unspecified atom stereocenters. The molecule has 92 valence electrons. The molecule has 2 aliphatic rings. The van der Waals surface area contributed by atoms with Gasteiger partial charge in [0.1, 0.15) is 0 Å². The number of likely N-dealkylation sites (tertiary alicyclic amines) is 1. The minimum absolute atomic E-state index is 0.543. The van der Waals surface area contributed by atoms with Gasteiger partial charge in [-0.3, -0.25) is 4.90 Å². The van der Waals surface area contributed by atoms with Crippen molar-refractivity contribution in [3.05, 3.63) is 35.9 Å². The smallest absolute Gasteiger partial charge is 0.0509 e. The Morgan fingerprint density at radius 3 is 2.71 bits per heavy atom. The normalized spacial score (nSPS) is 31.1. The molecule has 0 aromatic heterocycles. The lowest BCUT2D eigenvalue weighted by atomic mass is 9.92. The van der Waals surface area contributed by atoms with E-state index in [0.29, 0.717) is 6.04 Å². The Morgan fingerprint density at radius 1 is 1.18 bits per heavy atom. The van der Waals surface area contributed by atoms with Crippen LogP contribution >= 0.6 is 0 Å². The molecule has 0 aliphatic carbocycles. The van der Waals surface area contributed by atoms with Crippen molar-refractivity contribution in [2.75, 3.05) is 26.3 Å². The summed E-state index contributed by atoms with van der Waals surface area (Å²) in [5.41, 5.74) is 1.44. The van der Waals surface area contributed by atoms with Gasteiger partial charge in [0.15, 0.2) is 0 Å². The first-order valence-electron chi connectivity index (χ1n) is 6.71. The summed E-state index contributed by atoms with van der Waals surface area (Å²) in [5.74, 6) is 1.64. The lowest BCUT2D eigenvalue weighted by Gasteiger charge is -2.24. The largest absolute Gasteiger partial charge is 0.381 e. The monoisotopic (exact) mass is 231 g/mol. The van der Waals surface area contributed by atoms with E-state index in [0.717, 1.165) is 25.0 Å². The molecule has 0 saturated carbocycles. The molecule has 0 amide bonds. The van der Waals surface area contributed by atoms with E-state index in [9.17, 15) is 0 Å². The molecule has 0 N–H and O–H groups in total. The zero-order chi connectivity index (χ0) is 11.7. The SMILES string of the molecule is CC(c1ccccc1)N1CC2CCOC[C@H]2C1. The van der Waals surface area contributed by atoms with Gasteiger partial charge in [0.05, 0.1) is 6.61 Å². The third-order valence-corrected chi connectivity index (χ3v) is 4.40. The molecule has 1 aromatic carbocycles. The molecular weight excluding hydrogens is 210 g/mol. The van der Waals surface area contributed by atoms with Crippen LogP contribution in [-0.2, 0) is 4.74 Å². The molecular formula is C15H21NO. The molecule has 3 rings (SSSR count). The summed E-state index contributed by atoms with van der Waals surface area (Å²) < 4.78 is 5.59. The summed E-state index contributed by atoms with van der Waals surface area (Å²) in [6.07, 6.45) is 1.25. The van der Waals surface area contributed by atoms with Crippen LogP contribution in [0.2, 0.25) is 0 Å². The molecule has 17 heavy (non-hydrogen) atoms. The number of ether oxygens (including phenoxy) is 1. The highest BCUT2D eigenvalue weighted by atomic mass is 16.5. The highest BCUT2D eigenvalue weighted by molar-refractivity contribution is 5.18. The summed E-state index contributed by atoms with van der Waals surface area (Å²) >= 11 is 0. The van der Waals surface area contributed by atoms with E-state index in [1.165, 1.54) is 25.1 Å². The van der Waals surface area contributed by atoms with Gasteiger partial charge in [-0.15, -0.1) is 0 Å². The second-order valence-corrected chi connectivity index (χ2v) is 5.42. The van der Waals surface area contributed by atoms with Crippen molar-refractivity contribution in [1.82, 2.24) is 4.90 Å². The average molecular weight is 231 g/mol. The zero-order valence-corrected chi connectivity index (χ0v) is 10.5. The van der Waals surface area contributed by atoms with Gasteiger partial charge in [-0.1, -0.05) is 30.3 Å². The second-order valence-electron chi connectivity index (χ2n) is 5.42. The third-order valence-electron chi connectivity index (χ3n) is 4.40. The van der Waals surface area contributed by atoms with Crippen molar-refractivity contribution in [3.8, 4) is 0 Å². The van der Waals surface area contributed by atoms with Gasteiger partial charge in [0, 0.05) is 25.7 Å². The fraction of sp³-hybridized carbons (Fsp3) is 0.600. The Bertz CT molecular complexity index is 350. The number of hydrogen-bond donors (Lipinski definition) is 0. The summed E-state index contributed by atoms with van der Waals surface area (Å²) in [4.78, 5) is 2.62. The van der Waals surface area contributed by atoms with Crippen molar-refractivity contribution in [1.29, 1.82) is 0 Å². The first-order valence-corrected chi connectivity index (χ1v) is 6.71. The number of fused-ring (bicyclic) bond motifs is 1. The predicted molar refractivity (Wildman–Crippen MR) is 68.8 cm³/mol. The average Bonchev–Trinajstić information content (AvgIpc) is 2.82. The van der Waals surface area contributed by atoms with Crippen LogP contribution in [0.1, 0.15) is 24.9 Å². The summed E-state index contributed by atoms with van der Waals surface area (Å²) in [6, 6.07) is 11.4. The maximum atomic E-state index is 5.59. The van der Waals surface area contributed by atoms with Gasteiger partial charge in [-0.05, 0) is 30.7 Å². The molecule has 1 aromatic rings. The van der Waals surface area contributed by atoms with Crippen molar-refractivity contribution in [2.45, 2.75) is 19.4 Å². The molecule has 2 nitrogen and oxygen atoms in total. The van der Waals surface area contributed by atoms with Crippen molar-refractivity contribution in [3.63, 3.8) is 0 Å². The Balaban J connectivity index is 1.70. The minimum Gasteiger partial charge on any atom is -0.381 e. The van der Waals surface area contributed by atoms with E-state index >= 15 is 0 Å². The maximum absolute atomic E-state index is 5.59. The lowest BCUT2D eigenvalue weighted by Crippen LogP contribution is -2.26. The van der Waals surface area contributed by atoms with Gasteiger partial charge in [0.2, 0.25) is 0 Å². The van der Waals surface area contributed by atoms with Crippen LogP contribution in [0, 0.1) is 11.8 Å². The topological polar surface area (TPSA) is 12.5 Å². The fourth-order valence-corrected chi connectivity index (χ4v) is 3.22. The predicted octanol–water partition coefficient (Wildman–Crippen LogP) is 2.72. The molecule has 3 atom stereocenters. The molecule has 0 radical (unpaired) electrons. The Hall–Kier alpha value is -0.860. The van der Waals surface area contributed by atoms with E-state index in [1.807, 2.05) is 0 Å². The molecule has 2 aliphatic heterocycles. The van der Waals surface area contributed by atoms with Gasteiger partial charge in [-0.25, -0.2) is 0 Å². The highest BCUT2D eigenvalue weighted by Crippen LogP contribution is 2.34. The second kappa shape index (κ2) is 4.79. The minimum atomic E-state index is 0.543. The summed E-state index contributed by atoms with van der Waals surface area (Å²) in [6.45, 7) is 6.73. The third kappa shape index (κ3) is 2.24. The lowest BCUT2D eigenvalue weighted by molar-refractivity contribution is 0.0369. The maximum Gasteiger partial charge on any atom is 0.0509 e. The Morgan fingerprint density at radius 2 is 1.94 bits per heavy atom. The van der Waals surface area contributed by atoms with Crippen LogP contribution < -0.4 is 0 Å². The van der Waals surface area contributed by atoms with E-state index in [-0.39, 0.29) is 0 Å². The molecule has 2 heterocycles. The van der Waals surface area contributed by atoms with E-state index in [4.69, 9.17) is 4.74 Å². The summed E-state index contributed by atoms with van der Waals surface area (Å²) in [5, 5.41) is 0. The number of hydrogen-bond acceptors (Lipinski definition) is 2. The number of nitrogens with zero attached hydrogens (tertiary/aromatic N) is 1. The molecule has 0 spiro atoms. The molecule has 0 bridgehead atoms. The number of rotatable bonds is 2. The Kier molecular flexibility index (Phi) is 3.17. The highest BCUT2D eigenvalue weighted by Gasteiger charge is 2.36. The van der Waals surface area contributed by atoms with Crippen LogP contribution in [0.4, 0.5) is 0 Å². The quantitative estimate of drug-likeness (QED) is 0.776. The van der Waals surface area contributed by atoms with Gasteiger partial charge in [-0.2, -0.15) is 0 Å². The zero-order valence-electron chi connectivity index (χ0n) is 10.5. The summed E-state index contributed by atoms with van der Waals surface area (Å²) in [7, 11) is 0. The van der Waals surface area contributed by atoms with Gasteiger partial charge < -0.3 is 4.74 Å². The van der Waals surface area contributed by atoms with Gasteiger partial charge >= 0.3 is 0 Å². The standard InChI is InChI=1S/C15H21NO/c1-12(13-5-3-2-4-6-13)16-9-14-7-8-17-11-15(14)10-16/h2-6,12,14-15H,7-11H2,1H3/t12?,14?,15-/m1/s1. The first kappa shape index (κ1) is 11.2. The molecule has 2 saturated heterocycles. The van der Waals surface area contributed by atoms with Crippen molar-refractivity contribution in [2.24, 2.45) is 11.8 Å². The van der Waals surface area contributed by atoms with Crippen LogP contribution in [0.3, 0.4) is 0 Å². The van der Waals surface area contributed by atoms with Crippen molar-refractivity contribution < 1.29 is 4.74 Å². The van der Waals surface area contributed by atoms with Crippen molar-refractivity contribution >= 4 is 0 Å². The van der Waals surface area contributed by atoms with Gasteiger partial charge in [0.25, 0.3) is 0 Å². The van der Waals surface area contributed by atoms with Crippen LogP contribution in [0.5, 0.6) is 0 Å². The fourth-order valence-electron chi connectivity index (χ4n) is 3.22. The van der Waals surface area contributed by atoms with E-state index in [2.05, 4.69) is 42.2 Å². The number of benzene rings is 1.